The van der Waals surface area contributed by atoms with Crippen LogP contribution in [0.2, 0.25) is 0 Å². The van der Waals surface area contributed by atoms with Crippen molar-refractivity contribution < 1.29 is 8.78 Å². The van der Waals surface area contributed by atoms with Gasteiger partial charge >= 0.3 is 0 Å². The summed E-state index contributed by atoms with van der Waals surface area (Å²) in [5.74, 6) is -1.88. The van der Waals surface area contributed by atoms with Crippen LogP contribution in [0.1, 0.15) is 10.7 Å². The first-order chi connectivity index (χ1) is 8.08. The van der Waals surface area contributed by atoms with Crippen LogP contribution < -0.4 is 11.1 Å². The largest absolute Gasteiger partial charge is 0.397 e. The van der Waals surface area contributed by atoms with Crippen molar-refractivity contribution in [3.05, 3.63) is 39.8 Å². The lowest BCUT2D eigenvalue weighted by atomic mass is 10.2. The van der Waals surface area contributed by atoms with E-state index >= 15 is 0 Å². The molecule has 1 aromatic carbocycles. The molecule has 2 aromatic rings. The molecule has 90 valence electrons. The molecule has 0 bridgehead atoms. The summed E-state index contributed by atoms with van der Waals surface area (Å²) in [5.41, 5.74) is 6.51. The average molecular weight is 255 g/mol. The van der Waals surface area contributed by atoms with Gasteiger partial charge in [-0.1, -0.05) is 0 Å². The number of rotatable bonds is 3. The molecule has 0 unspecified atom stereocenters. The molecular formula is C11H11F2N3S. The van der Waals surface area contributed by atoms with Crippen molar-refractivity contribution in [2.45, 2.75) is 13.5 Å². The highest BCUT2D eigenvalue weighted by molar-refractivity contribution is 7.09. The number of aromatic nitrogens is 1. The summed E-state index contributed by atoms with van der Waals surface area (Å²) in [6.45, 7) is 2.19. The molecule has 17 heavy (non-hydrogen) atoms. The number of benzene rings is 1. The average Bonchev–Trinajstić information content (AvgIpc) is 2.70. The van der Waals surface area contributed by atoms with E-state index < -0.39 is 11.6 Å². The van der Waals surface area contributed by atoms with E-state index in [9.17, 15) is 8.78 Å². The zero-order valence-electron chi connectivity index (χ0n) is 9.13. The molecule has 0 saturated carbocycles. The number of nitrogens with two attached hydrogens (primary N) is 1. The van der Waals surface area contributed by atoms with E-state index in [2.05, 4.69) is 10.3 Å². The van der Waals surface area contributed by atoms with E-state index in [1.54, 1.807) is 0 Å². The topological polar surface area (TPSA) is 50.9 Å². The molecule has 0 aliphatic carbocycles. The second-order valence-electron chi connectivity index (χ2n) is 3.54. The normalized spacial score (nSPS) is 10.5. The number of aryl methyl sites for hydroxylation is 1. The Morgan fingerprint density at radius 2 is 2.18 bits per heavy atom. The fraction of sp³-hybridized carbons (Fsp3) is 0.182. The molecule has 0 fully saturated rings. The minimum Gasteiger partial charge on any atom is -0.397 e. The van der Waals surface area contributed by atoms with Crippen LogP contribution in [0.5, 0.6) is 0 Å². The van der Waals surface area contributed by atoms with Crippen LogP contribution in [-0.4, -0.2) is 4.98 Å². The summed E-state index contributed by atoms with van der Waals surface area (Å²) < 4.78 is 26.4. The van der Waals surface area contributed by atoms with Crippen LogP contribution in [0.4, 0.5) is 20.2 Å². The minimum atomic E-state index is -0.961. The van der Waals surface area contributed by atoms with Gasteiger partial charge in [0.05, 0.1) is 28.6 Å². The number of nitrogens with zero attached hydrogens (tertiary/aromatic N) is 1. The lowest BCUT2D eigenvalue weighted by Crippen LogP contribution is -2.06. The predicted octanol–water partition coefficient (Wildman–Crippen LogP) is 2.92. The molecule has 0 saturated heterocycles. The van der Waals surface area contributed by atoms with Gasteiger partial charge in [0.1, 0.15) is 0 Å². The summed E-state index contributed by atoms with van der Waals surface area (Å²) in [4.78, 5) is 4.21. The highest BCUT2D eigenvalue weighted by Crippen LogP contribution is 2.25. The predicted molar refractivity (Wildman–Crippen MR) is 64.9 cm³/mol. The van der Waals surface area contributed by atoms with Gasteiger partial charge in [-0.15, -0.1) is 11.3 Å². The van der Waals surface area contributed by atoms with Crippen LogP contribution in [0.3, 0.4) is 0 Å². The minimum absolute atomic E-state index is 0.0179. The molecule has 0 aliphatic heterocycles. The molecule has 0 atom stereocenters. The van der Waals surface area contributed by atoms with Crippen LogP contribution >= 0.6 is 11.3 Å². The van der Waals surface area contributed by atoms with Crippen molar-refractivity contribution in [2.75, 3.05) is 11.1 Å². The van der Waals surface area contributed by atoms with Gasteiger partial charge in [-0.05, 0) is 19.1 Å². The maximum Gasteiger partial charge on any atom is 0.183 e. The van der Waals surface area contributed by atoms with Crippen molar-refractivity contribution in [2.24, 2.45) is 0 Å². The summed E-state index contributed by atoms with van der Waals surface area (Å²) in [6.07, 6.45) is 0. The molecule has 0 amide bonds. The number of anilines is 2. The maximum atomic E-state index is 13.4. The molecular weight excluding hydrogens is 244 g/mol. The van der Waals surface area contributed by atoms with Crippen molar-refractivity contribution in [1.29, 1.82) is 0 Å². The number of thiazole rings is 1. The quantitative estimate of drug-likeness (QED) is 0.829. The van der Waals surface area contributed by atoms with Crippen LogP contribution in [0, 0.1) is 18.6 Å². The second-order valence-corrected chi connectivity index (χ2v) is 4.60. The zero-order valence-corrected chi connectivity index (χ0v) is 9.94. The smallest absolute Gasteiger partial charge is 0.183 e. The number of halogens is 2. The third kappa shape index (κ3) is 2.52. The standard InChI is InChI=1S/C11H11F2N3S/c1-6-16-7(5-17-6)4-15-11-9(14)3-2-8(12)10(11)13/h2-3,5,15H,4,14H2,1H3. The first kappa shape index (κ1) is 11.8. The van der Waals surface area contributed by atoms with Crippen LogP contribution in [0.25, 0.3) is 0 Å². The first-order valence-electron chi connectivity index (χ1n) is 4.96. The maximum absolute atomic E-state index is 13.4. The fourth-order valence-corrected chi connectivity index (χ4v) is 2.03. The number of nitrogen functional groups attached to an aromatic ring is 1. The molecule has 3 nitrogen and oxygen atoms in total. The van der Waals surface area contributed by atoms with Gasteiger partial charge < -0.3 is 11.1 Å². The summed E-state index contributed by atoms with van der Waals surface area (Å²) in [7, 11) is 0. The Morgan fingerprint density at radius 3 is 2.82 bits per heavy atom. The van der Waals surface area contributed by atoms with Gasteiger partial charge in [0.25, 0.3) is 0 Å². The summed E-state index contributed by atoms with van der Waals surface area (Å²) in [6, 6.07) is 2.33. The van der Waals surface area contributed by atoms with Gasteiger partial charge in [0.2, 0.25) is 0 Å². The summed E-state index contributed by atoms with van der Waals surface area (Å²) in [5, 5.41) is 5.54. The summed E-state index contributed by atoms with van der Waals surface area (Å²) >= 11 is 1.50. The Bertz CT molecular complexity index is 540. The SMILES string of the molecule is Cc1nc(CNc2c(N)ccc(F)c2F)cs1. The Hall–Kier alpha value is -1.69. The van der Waals surface area contributed by atoms with E-state index in [1.165, 1.54) is 17.4 Å². The van der Waals surface area contributed by atoms with E-state index in [1.807, 2.05) is 12.3 Å². The van der Waals surface area contributed by atoms with Crippen LogP contribution in [-0.2, 0) is 6.54 Å². The van der Waals surface area contributed by atoms with Crippen molar-refractivity contribution in [3.8, 4) is 0 Å². The molecule has 1 heterocycles. The molecule has 0 aliphatic rings. The second kappa shape index (κ2) is 4.67. The number of hydrogen-bond donors (Lipinski definition) is 2. The van der Waals surface area contributed by atoms with Crippen LogP contribution in [0.15, 0.2) is 17.5 Å². The van der Waals surface area contributed by atoms with Gasteiger partial charge in [-0.25, -0.2) is 13.8 Å². The molecule has 6 heteroatoms. The van der Waals surface area contributed by atoms with Crippen molar-refractivity contribution >= 4 is 22.7 Å². The Labute approximate surface area is 101 Å². The van der Waals surface area contributed by atoms with Crippen molar-refractivity contribution in [1.82, 2.24) is 4.98 Å². The molecule has 1 aromatic heterocycles. The molecule has 0 spiro atoms. The Balaban J connectivity index is 2.16. The molecule has 0 radical (unpaired) electrons. The number of nitrogens with one attached hydrogen (secondary N) is 1. The van der Waals surface area contributed by atoms with Crippen molar-refractivity contribution in [3.63, 3.8) is 0 Å². The van der Waals surface area contributed by atoms with E-state index in [4.69, 9.17) is 5.73 Å². The lowest BCUT2D eigenvalue weighted by molar-refractivity contribution is 0.511. The third-order valence-electron chi connectivity index (χ3n) is 2.24. The van der Waals surface area contributed by atoms with E-state index in [0.29, 0.717) is 6.54 Å². The van der Waals surface area contributed by atoms with E-state index in [-0.39, 0.29) is 11.4 Å². The zero-order chi connectivity index (χ0) is 12.4. The first-order valence-corrected chi connectivity index (χ1v) is 5.84. The number of hydrogen-bond acceptors (Lipinski definition) is 4. The van der Waals surface area contributed by atoms with Gasteiger partial charge in [0.15, 0.2) is 11.6 Å². The Kier molecular flexibility index (Phi) is 3.23. The van der Waals surface area contributed by atoms with Gasteiger partial charge in [-0.3, -0.25) is 0 Å². The molecule has 3 N–H and O–H groups in total. The van der Waals surface area contributed by atoms with E-state index in [0.717, 1.165) is 16.8 Å². The third-order valence-corrected chi connectivity index (χ3v) is 3.06. The monoisotopic (exact) mass is 255 g/mol. The lowest BCUT2D eigenvalue weighted by Gasteiger charge is -2.09. The molecule has 2 rings (SSSR count). The Morgan fingerprint density at radius 1 is 1.41 bits per heavy atom. The highest BCUT2D eigenvalue weighted by Gasteiger charge is 2.11. The fourth-order valence-electron chi connectivity index (χ4n) is 1.41. The highest BCUT2D eigenvalue weighted by atomic mass is 32.1. The van der Waals surface area contributed by atoms with Gasteiger partial charge in [-0.2, -0.15) is 0 Å². The van der Waals surface area contributed by atoms with Gasteiger partial charge in [0, 0.05) is 5.38 Å².